The summed E-state index contributed by atoms with van der Waals surface area (Å²) in [5.41, 5.74) is 0.131. The Bertz CT molecular complexity index is 484. The van der Waals surface area contributed by atoms with E-state index in [2.05, 4.69) is 10.3 Å². The van der Waals surface area contributed by atoms with Crippen LogP contribution in [0.2, 0.25) is 0 Å². The molecule has 0 saturated carbocycles. The van der Waals surface area contributed by atoms with Gasteiger partial charge in [-0.1, -0.05) is 0 Å². The van der Waals surface area contributed by atoms with Gasteiger partial charge in [-0.25, -0.2) is 4.79 Å². The number of hydrogen-bond acceptors (Lipinski definition) is 4. The van der Waals surface area contributed by atoms with Crippen molar-refractivity contribution in [3.8, 4) is 0 Å². The molecule has 0 spiro atoms. The van der Waals surface area contributed by atoms with Gasteiger partial charge in [0, 0.05) is 18.1 Å². The molecule has 2 N–H and O–H groups in total. The molecule has 1 unspecified atom stereocenters. The quantitative estimate of drug-likeness (QED) is 0.856. The molecule has 96 valence electrons. The Morgan fingerprint density at radius 2 is 2.28 bits per heavy atom. The molecule has 1 aliphatic heterocycles. The number of aryl methyl sites for hydroxylation is 1. The Hall–Kier alpha value is -1.56. The summed E-state index contributed by atoms with van der Waals surface area (Å²) in [7, 11) is 0. The predicted molar refractivity (Wildman–Crippen MR) is 68.7 cm³/mol. The van der Waals surface area contributed by atoms with E-state index < -0.39 is 11.5 Å². The molecule has 5 nitrogen and oxygen atoms in total. The van der Waals surface area contributed by atoms with E-state index in [-0.39, 0.29) is 5.91 Å². The van der Waals surface area contributed by atoms with Gasteiger partial charge in [-0.05, 0) is 30.7 Å². The van der Waals surface area contributed by atoms with Crippen molar-refractivity contribution in [1.82, 2.24) is 10.3 Å². The van der Waals surface area contributed by atoms with Crippen molar-refractivity contribution in [2.75, 3.05) is 11.5 Å². The van der Waals surface area contributed by atoms with Crippen LogP contribution in [0.5, 0.6) is 0 Å². The van der Waals surface area contributed by atoms with Crippen LogP contribution in [0.1, 0.15) is 22.3 Å². The zero-order valence-corrected chi connectivity index (χ0v) is 10.8. The first-order valence-corrected chi connectivity index (χ1v) is 6.74. The lowest BCUT2D eigenvalue weighted by molar-refractivity contribution is -0.143. The number of amides is 1. The first-order valence-electron chi connectivity index (χ1n) is 5.59. The molecule has 0 aromatic carbocycles. The molecule has 1 aromatic heterocycles. The van der Waals surface area contributed by atoms with Gasteiger partial charge < -0.3 is 10.4 Å². The van der Waals surface area contributed by atoms with Crippen LogP contribution in [-0.2, 0) is 4.79 Å². The molecule has 0 aliphatic carbocycles. The third-order valence-electron chi connectivity index (χ3n) is 2.92. The van der Waals surface area contributed by atoms with Crippen LogP contribution in [-0.4, -0.2) is 39.0 Å². The number of nitrogens with one attached hydrogen (secondary N) is 1. The molecule has 2 rings (SSSR count). The lowest BCUT2D eigenvalue weighted by atomic mass is 9.98. The number of carboxylic acids is 1. The molecule has 18 heavy (non-hydrogen) atoms. The summed E-state index contributed by atoms with van der Waals surface area (Å²) >= 11 is 1.54. The lowest BCUT2D eigenvalue weighted by Gasteiger charge is -2.24. The van der Waals surface area contributed by atoms with Crippen molar-refractivity contribution in [2.24, 2.45) is 0 Å². The van der Waals surface area contributed by atoms with Crippen LogP contribution < -0.4 is 5.32 Å². The van der Waals surface area contributed by atoms with Gasteiger partial charge in [-0.3, -0.25) is 9.78 Å². The number of carboxylic acid groups (broad SMARTS) is 1. The summed E-state index contributed by atoms with van der Waals surface area (Å²) in [5, 5.41) is 11.9. The molecular weight excluding hydrogens is 252 g/mol. The Labute approximate surface area is 109 Å². The number of pyridine rings is 1. The summed E-state index contributed by atoms with van der Waals surface area (Å²) in [6.45, 7) is 1.84. The van der Waals surface area contributed by atoms with Crippen molar-refractivity contribution < 1.29 is 14.7 Å². The van der Waals surface area contributed by atoms with Crippen molar-refractivity contribution in [1.29, 1.82) is 0 Å². The molecule has 6 heteroatoms. The maximum absolute atomic E-state index is 12.0. The molecule has 0 radical (unpaired) electrons. The number of aliphatic carboxylic acids is 1. The lowest BCUT2D eigenvalue weighted by Crippen LogP contribution is -2.54. The van der Waals surface area contributed by atoms with Gasteiger partial charge in [-0.15, -0.1) is 0 Å². The predicted octanol–water partition coefficient (Wildman–Crippen LogP) is 1.08. The largest absolute Gasteiger partial charge is 0.479 e. The molecule has 1 aliphatic rings. The maximum atomic E-state index is 12.0. The Morgan fingerprint density at radius 3 is 2.83 bits per heavy atom. The second kappa shape index (κ2) is 4.97. The standard InChI is InChI=1S/C12H14N2O3S/c1-8-4-9(6-13-5-8)10(15)14-12(11(16)17)2-3-18-7-12/h4-6H,2-3,7H2,1H3,(H,14,15)(H,16,17). The van der Waals surface area contributed by atoms with E-state index in [4.69, 9.17) is 0 Å². The van der Waals surface area contributed by atoms with E-state index in [9.17, 15) is 14.7 Å². The van der Waals surface area contributed by atoms with Gasteiger partial charge in [0.05, 0.1) is 5.56 Å². The van der Waals surface area contributed by atoms with E-state index in [1.807, 2.05) is 6.92 Å². The third kappa shape index (κ3) is 2.48. The minimum atomic E-state index is -1.13. The summed E-state index contributed by atoms with van der Waals surface area (Å²) in [5.74, 6) is -0.191. The normalized spacial score (nSPS) is 22.7. The highest BCUT2D eigenvalue weighted by Crippen LogP contribution is 2.28. The van der Waals surface area contributed by atoms with E-state index >= 15 is 0 Å². The van der Waals surface area contributed by atoms with E-state index in [1.165, 1.54) is 18.0 Å². The smallest absolute Gasteiger partial charge is 0.330 e. The molecule has 1 atom stereocenters. The van der Waals surface area contributed by atoms with Crippen molar-refractivity contribution >= 4 is 23.6 Å². The first kappa shape index (κ1) is 12.9. The number of carbonyl (C=O) groups is 2. The van der Waals surface area contributed by atoms with Crippen molar-refractivity contribution in [3.63, 3.8) is 0 Å². The second-order valence-corrected chi connectivity index (χ2v) is 5.50. The van der Waals surface area contributed by atoms with Crippen LogP contribution in [0.15, 0.2) is 18.5 Å². The van der Waals surface area contributed by atoms with Crippen molar-refractivity contribution in [3.05, 3.63) is 29.6 Å². The highest BCUT2D eigenvalue weighted by Gasteiger charge is 2.43. The third-order valence-corrected chi connectivity index (χ3v) is 4.11. The van der Waals surface area contributed by atoms with Gasteiger partial charge in [-0.2, -0.15) is 11.8 Å². The van der Waals surface area contributed by atoms with Gasteiger partial charge in [0.25, 0.3) is 5.91 Å². The zero-order chi connectivity index (χ0) is 13.2. The van der Waals surface area contributed by atoms with Crippen LogP contribution in [0, 0.1) is 6.92 Å². The van der Waals surface area contributed by atoms with E-state index in [0.717, 1.165) is 11.3 Å². The maximum Gasteiger partial charge on any atom is 0.330 e. The van der Waals surface area contributed by atoms with Gasteiger partial charge in [0.15, 0.2) is 0 Å². The monoisotopic (exact) mass is 266 g/mol. The number of hydrogen-bond donors (Lipinski definition) is 2. The molecule has 2 heterocycles. The Morgan fingerprint density at radius 1 is 1.50 bits per heavy atom. The van der Waals surface area contributed by atoms with Crippen LogP contribution in [0.3, 0.4) is 0 Å². The summed E-state index contributed by atoms with van der Waals surface area (Å²) < 4.78 is 0. The fourth-order valence-corrected chi connectivity index (χ4v) is 3.18. The number of aromatic nitrogens is 1. The SMILES string of the molecule is Cc1cncc(C(=O)NC2(C(=O)O)CCSC2)c1. The highest BCUT2D eigenvalue weighted by atomic mass is 32.2. The second-order valence-electron chi connectivity index (χ2n) is 4.39. The van der Waals surface area contributed by atoms with Crippen LogP contribution in [0.25, 0.3) is 0 Å². The van der Waals surface area contributed by atoms with Crippen molar-refractivity contribution in [2.45, 2.75) is 18.9 Å². The summed E-state index contributed by atoms with van der Waals surface area (Å²) in [4.78, 5) is 27.3. The first-order chi connectivity index (χ1) is 8.53. The van der Waals surface area contributed by atoms with E-state index in [1.54, 1.807) is 12.3 Å². The minimum Gasteiger partial charge on any atom is -0.479 e. The molecular formula is C12H14N2O3S. The van der Waals surface area contributed by atoms with E-state index in [0.29, 0.717) is 17.7 Å². The fourth-order valence-electron chi connectivity index (χ4n) is 1.85. The van der Waals surface area contributed by atoms with Crippen LogP contribution >= 0.6 is 11.8 Å². The number of rotatable bonds is 3. The fraction of sp³-hybridized carbons (Fsp3) is 0.417. The van der Waals surface area contributed by atoms with Crippen LogP contribution in [0.4, 0.5) is 0 Å². The summed E-state index contributed by atoms with van der Waals surface area (Å²) in [6.07, 6.45) is 3.55. The molecule has 1 aromatic rings. The van der Waals surface area contributed by atoms with Gasteiger partial charge >= 0.3 is 5.97 Å². The molecule has 1 fully saturated rings. The molecule has 1 amide bonds. The topological polar surface area (TPSA) is 79.3 Å². The average molecular weight is 266 g/mol. The minimum absolute atomic E-state index is 0.379. The average Bonchev–Trinajstić information content (AvgIpc) is 2.79. The Kier molecular flexibility index (Phi) is 3.56. The molecule has 1 saturated heterocycles. The van der Waals surface area contributed by atoms with Gasteiger partial charge in [0.1, 0.15) is 5.54 Å². The molecule has 0 bridgehead atoms. The Balaban J connectivity index is 2.18. The number of thioether (sulfide) groups is 1. The highest BCUT2D eigenvalue weighted by molar-refractivity contribution is 7.99. The summed E-state index contributed by atoms with van der Waals surface area (Å²) in [6, 6.07) is 1.69. The zero-order valence-electron chi connectivity index (χ0n) is 9.97. The van der Waals surface area contributed by atoms with Gasteiger partial charge in [0.2, 0.25) is 0 Å². The number of carbonyl (C=O) groups excluding carboxylic acids is 1. The number of nitrogens with zero attached hydrogens (tertiary/aromatic N) is 1.